The van der Waals surface area contributed by atoms with Crippen molar-refractivity contribution in [1.82, 2.24) is 14.8 Å². The number of nitrogens with zero attached hydrogens (tertiary/aromatic N) is 3. The highest BCUT2D eigenvalue weighted by molar-refractivity contribution is 9.10. The van der Waals surface area contributed by atoms with Gasteiger partial charge in [0.05, 0.1) is 0 Å². The summed E-state index contributed by atoms with van der Waals surface area (Å²) in [5.41, 5.74) is 1.14. The molecule has 1 aromatic rings. The van der Waals surface area contributed by atoms with Crippen LogP contribution >= 0.6 is 15.9 Å². The number of rotatable bonds is 2. The third-order valence-corrected chi connectivity index (χ3v) is 3.59. The van der Waals surface area contributed by atoms with E-state index < -0.39 is 6.09 Å². The van der Waals surface area contributed by atoms with Crippen LogP contribution in [0.5, 0.6) is 0 Å². The quantitative estimate of drug-likeness (QED) is 0.844. The van der Waals surface area contributed by atoms with Crippen molar-refractivity contribution in [2.45, 2.75) is 6.54 Å². The fraction of sp³-hybridized carbons (Fsp3) is 0.455. The average molecular weight is 300 g/mol. The smallest absolute Gasteiger partial charge is 0.407 e. The summed E-state index contributed by atoms with van der Waals surface area (Å²) in [6, 6.07) is 3.94. The molecule has 1 saturated heterocycles. The van der Waals surface area contributed by atoms with Gasteiger partial charge in [-0.05, 0) is 27.6 Å². The van der Waals surface area contributed by atoms with Gasteiger partial charge in [-0.3, -0.25) is 4.90 Å². The molecule has 1 amide bonds. The number of aromatic nitrogens is 1. The molecule has 5 nitrogen and oxygen atoms in total. The molecule has 1 aromatic heterocycles. The van der Waals surface area contributed by atoms with Gasteiger partial charge in [-0.15, -0.1) is 0 Å². The first kappa shape index (κ1) is 12.3. The molecule has 92 valence electrons. The molecule has 0 spiro atoms. The highest BCUT2D eigenvalue weighted by atomic mass is 79.9. The Labute approximate surface area is 108 Å². The summed E-state index contributed by atoms with van der Waals surface area (Å²) < 4.78 is 0.862. The standard InChI is InChI=1S/C11H14BrN3O2/c12-10-9(2-1-3-13-10)8-14-4-6-15(7-5-14)11(16)17/h1-3H,4-8H2,(H,16,17). The lowest BCUT2D eigenvalue weighted by Crippen LogP contribution is -2.47. The molecule has 1 N–H and O–H groups in total. The van der Waals surface area contributed by atoms with E-state index in [1.807, 2.05) is 12.1 Å². The number of halogens is 1. The molecule has 0 unspecified atom stereocenters. The van der Waals surface area contributed by atoms with Gasteiger partial charge < -0.3 is 10.0 Å². The predicted molar refractivity (Wildman–Crippen MR) is 66.8 cm³/mol. The highest BCUT2D eigenvalue weighted by Gasteiger charge is 2.20. The number of carboxylic acid groups (broad SMARTS) is 1. The fourth-order valence-electron chi connectivity index (χ4n) is 1.88. The van der Waals surface area contributed by atoms with Crippen LogP contribution in [0.25, 0.3) is 0 Å². The van der Waals surface area contributed by atoms with E-state index in [0.29, 0.717) is 13.1 Å². The van der Waals surface area contributed by atoms with Crippen LogP contribution in [-0.2, 0) is 6.54 Å². The molecule has 2 heterocycles. The van der Waals surface area contributed by atoms with Crippen molar-refractivity contribution in [3.05, 3.63) is 28.5 Å². The maximum Gasteiger partial charge on any atom is 0.407 e. The Hall–Kier alpha value is -1.14. The Kier molecular flexibility index (Phi) is 3.96. The SMILES string of the molecule is O=C(O)N1CCN(Cc2cccnc2Br)CC1. The summed E-state index contributed by atoms with van der Waals surface area (Å²) in [6.45, 7) is 3.50. The van der Waals surface area contributed by atoms with Gasteiger partial charge in [0.1, 0.15) is 4.60 Å². The second-order valence-electron chi connectivity index (χ2n) is 4.00. The number of hydrogen-bond donors (Lipinski definition) is 1. The Balaban J connectivity index is 1.90. The van der Waals surface area contributed by atoms with Crippen LogP contribution in [0.1, 0.15) is 5.56 Å². The summed E-state index contributed by atoms with van der Waals surface area (Å²) in [4.78, 5) is 18.6. The summed E-state index contributed by atoms with van der Waals surface area (Å²) >= 11 is 3.42. The molecule has 0 atom stereocenters. The minimum absolute atomic E-state index is 0.577. The lowest BCUT2D eigenvalue weighted by molar-refractivity contribution is 0.103. The van der Waals surface area contributed by atoms with Crippen LogP contribution in [0.4, 0.5) is 4.79 Å². The zero-order valence-corrected chi connectivity index (χ0v) is 10.9. The van der Waals surface area contributed by atoms with Crippen molar-refractivity contribution in [2.75, 3.05) is 26.2 Å². The van der Waals surface area contributed by atoms with Crippen LogP contribution in [0, 0.1) is 0 Å². The number of hydrogen-bond acceptors (Lipinski definition) is 3. The summed E-state index contributed by atoms with van der Waals surface area (Å²) in [5, 5.41) is 8.85. The van der Waals surface area contributed by atoms with Crippen molar-refractivity contribution in [2.24, 2.45) is 0 Å². The van der Waals surface area contributed by atoms with E-state index >= 15 is 0 Å². The van der Waals surface area contributed by atoms with E-state index in [4.69, 9.17) is 5.11 Å². The van der Waals surface area contributed by atoms with E-state index in [9.17, 15) is 4.79 Å². The number of pyridine rings is 1. The van der Waals surface area contributed by atoms with Gasteiger partial charge in [0.25, 0.3) is 0 Å². The Bertz CT molecular complexity index is 405. The number of piperazine rings is 1. The molecule has 1 fully saturated rings. The van der Waals surface area contributed by atoms with Crippen LogP contribution in [0.2, 0.25) is 0 Å². The maximum atomic E-state index is 10.8. The molecule has 0 aliphatic carbocycles. The first-order valence-corrected chi connectivity index (χ1v) is 6.26. The molecule has 0 aromatic carbocycles. The zero-order valence-electron chi connectivity index (χ0n) is 9.34. The van der Waals surface area contributed by atoms with Gasteiger partial charge in [0.15, 0.2) is 0 Å². The van der Waals surface area contributed by atoms with E-state index in [-0.39, 0.29) is 0 Å². The van der Waals surface area contributed by atoms with Crippen molar-refractivity contribution >= 4 is 22.0 Å². The van der Waals surface area contributed by atoms with Gasteiger partial charge in [0.2, 0.25) is 0 Å². The predicted octanol–water partition coefficient (Wildman–Crippen LogP) is 1.64. The molecule has 6 heteroatoms. The molecule has 1 aliphatic heterocycles. The Morgan fingerprint density at radius 3 is 2.71 bits per heavy atom. The van der Waals surface area contributed by atoms with E-state index in [1.54, 1.807) is 6.20 Å². The summed E-state index contributed by atoms with van der Waals surface area (Å²) in [7, 11) is 0. The zero-order chi connectivity index (χ0) is 12.3. The molecule has 0 bridgehead atoms. The lowest BCUT2D eigenvalue weighted by Gasteiger charge is -2.33. The Morgan fingerprint density at radius 1 is 1.41 bits per heavy atom. The van der Waals surface area contributed by atoms with Crippen LogP contribution in [-0.4, -0.2) is 52.2 Å². The lowest BCUT2D eigenvalue weighted by atomic mass is 10.2. The van der Waals surface area contributed by atoms with Crippen LogP contribution in [0.15, 0.2) is 22.9 Å². The second-order valence-corrected chi connectivity index (χ2v) is 4.75. The van der Waals surface area contributed by atoms with E-state index in [1.165, 1.54) is 4.90 Å². The van der Waals surface area contributed by atoms with Crippen molar-refractivity contribution in [3.8, 4) is 0 Å². The second kappa shape index (κ2) is 5.46. The van der Waals surface area contributed by atoms with Gasteiger partial charge in [0, 0.05) is 38.9 Å². The minimum atomic E-state index is -0.827. The van der Waals surface area contributed by atoms with Crippen molar-refractivity contribution in [1.29, 1.82) is 0 Å². The molecule has 1 aliphatic rings. The van der Waals surface area contributed by atoms with E-state index in [2.05, 4.69) is 25.8 Å². The van der Waals surface area contributed by atoms with Gasteiger partial charge in [-0.2, -0.15) is 0 Å². The molecular weight excluding hydrogens is 286 g/mol. The average Bonchev–Trinajstić information content (AvgIpc) is 2.33. The number of carbonyl (C=O) groups is 1. The van der Waals surface area contributed by atoms with Gasteiger partial charge in [-0.25, -0.2) is 9.78 Å². The minimum Gasteiger partial charge on any atom is -0.465 e. The number of amides is 1. The monoisotopic (exact) mass is 299 g/mol. The fourth-order valence-corrected chi connectivity index (χ4v) is 2.25. The topological polar surface area (TPSA) is 56.7 Å². The van der Waals surface area contributed by atoms with Crippen molar-refractivity contribution in [3.63, 3.8) is 0 Å². The van der Waals surface area contributed by atoms with Crippen LogP contribution < -0.4 is 0 Å². The highest BCUT2D eigenvalue weighted by Crippen LogP contribution is 2.16. The molecule has 0 saturated carbocycles. The van der Waals surface area contributed by atoms with Crippen LogP contribution in [0.3, 0.4) is 0 Å². The molecular formula is C11H14BrN3O2. The molecule has 2 rings (SSSR count). The Morgan fingerprint density at radius 2 is 2.12 bits per heavy atom. The normalized spacial score (nSPS) is 17.1. The third-order valence-electron chi connectivity index (χ3n) is 2.87. The third kappa shape index (κ3) is 3.17. The van der Waals surface area contributed by atoms with Gasteiger partial charge >= 0.3 is 6.09 Å². The maximum absolute atomic E-state index is 10.8. The first-order valence-electron chi connectivity index (χ1n) is 5.46. The van der Waals surface area contributed by atoms with Crippen molar-refractivity contribution < 1.29 is 9.90 Å². The van der Waals surface area contributed by atoms with Gasteiger partial charge in [-0.1, -0.05) is 6.07 Å². The summed E-state index contributed by atoms with van der Waals surface area (Å²) in [6.07, 6.45) is 0.919. The summed E-state index contributed by atoms with van der Waals surface area (Å²) in [5.74, 6) is 0. The molecule has 0 radical (unpaired) electrons. The largest absolute Gasteiger partial charge is 0.465 e. The molecule has 17 heavy (non-hydrogen) atoms. The first-order chi connectivity index (χ1) is 8.16. The van der Waals surface area contributed by atoms with E-state index in [0.717, 1.165) is 29.8 Å².